The highest BCUT2D eigenvalue weighted by atomic mass is 14.7. The van der Waals surface area contributed by atoms with Crippen molar-refractivity contribution < 1.29 is 0 Å². The van der Waals surface area contributed by atoms with E-state index in [1.165, 1.54) is 36.8 Å². The molecule has 0 aliphatic heterocycles. The molecule has 0 aromatic heterocycles. The molecular formula is C15H21N. The van der Waals surface area contributed by atoms with Crippen molar-refractivity contribution in [2.45, 2.75) is 44.6 Å². The summed E-state index contributed by atoms with van der Waals surface area (Å²) < 4.78 is 0. The van der Waals surface area contributed by atoms with Crippen molar-refractivity contribution in [3.63, 3.8) is 0 Å². The van der Waals surface area contributed by atoms with E-state index < -0.39 is 0 Å². The van der Waals surface area contributed by atoms with E-state index in [1.807, 2.05) is 0 Å². The van der Waals surface area contributed by atoms with E-state index in [0.29, 0.717) is 0 Å². The molecule has 1 nitrogen and oxygen atoms in total. The van der Waals surface area contributed by atoms with Gasteiger partial charge in [0, 0.05) is 6.04 Å². The summed E-state index contributed by atoms with van der Waals surface area (Å²) in [5.41, 5.74) is 9.20. The van der Waals surface area contributed by atoms with Crippen molar-refractivity contribution in [2.24, 2.45) is 17.6 Å². The van der Waals surface area contributed by atoms with E-state index >= 15 is 0 Å². The average molecular weight is 215 g/mol. The van der Waals surface area contributed by atoms with E-state index in [4.69, 9.17) is 5.73 Å². The van der Waals surface area contributed by atoms with Crippen LogP contribution in [0.4, 0.5) is 0 Å². The zero-order valence-electron chi connectivity index (χ0n) is 10.0. The van der Waals surface area contributed by atoms with Gasteiger partial charge >= 0.3 is 0 Å². The first-order chi connectivity index (χ1) is 7.75. The van der Waals surface area contributed by atoms with Crippen LogP contribution in [0.2, 0.25) is 0 Å². The Morgan fingerprint density at radius 3 is 2.62 bits per heavy atom. The minimum absolute atomic E-state index is 0.273. The predicted molar refractivity (Wildman–Crippen MR) is 67.2 cm³/mol. The molecule has 2 fully saturated rings. The zero-order valence-corrected chi connectivity index (χ0v) is 10.0. The van der Waals surface area contributed by atoms with Gasteiger partial charge in [0.2, 0.25) is 0 Å². The maximum Gasteiger partial charge on any atom is 0.0326 e. The average Bonchev–Trinajstić information content (AvgIpc) is 2.92. The first kappa shape index (κ1) is 10.3. The second kappa shape index (κ2) is 3.89. The van der Waals surface area contributed by atoms with Gasteiger partial charge in [-0.1, -0.05) is 37.6 Å². The lowest BCUT2D eigenvalue weighted by atomic mass is 9.79. The van der Waals surface area contributed by atoms with Crippen LogP contribution in [0.25, 0.3) is 0 Å². The zero-order chi connectivity index (χ0) is 11.1. The maximum atomic E-state index is 6.32. The van der Waals surface area contributed by atoms with Gasteiger partial charge in [0.15, 0.2) is 0 Å². The van der Waals surface area contributed by atoms with E-state index in [-0.39, 0.29) is 6.04 Å². The first-order valence-electron chi connectivity index (χ1n) is 6.61. The van der Waals surface area contributed by atoms with Gasteiger partial charge < -0.3 is 5.73 Å². The molecule has 2 N–H and O–H groups in total. The van der Waals surface area contributed by atoms with Crippen LogP contribution in [-0.4, -0.2) is 0 Å². The van der Waals surface area contributed by atoms with Gasteiger partial charge in [-0.05, 0) is 48.1 Å². The Labute approximate surface area is 98.0 Å². The third-order valence-electron chi connectivity index (χ3n) is 4.51. The molecule has 0 bridgehead atoms. The second-order valence-electron chi connectivity index (χ2n) is 5.70. The van der Waals surface area contributed by atoms with Gasteiger partial charge in [-0.15, -0.1) is 0 Å². The summed E-state index contributed by atoms with van der Waals surface area (Å²) >= 11 is 0. The molecule has 86 valence electrons. The Morgan fingerprint density at radius 2 is 2.06 bits per heavy atom. The third-order valence-corrected chi connectivity index (χ3v) is 4.51. The van der Waals surface area contributed by atoms with Crippen LogP contribution in [0.1, 0.15) is 55.7 Å². The van der Waals surface area contributed by atoms with E-state index in [2.05, 4.69) is 31.2 Å². The quantitative estimate of drug-likeness (QED) is 0.819. The van der Waals surface area contributed by atoms with Crippen LogP contribution in [0.5, 0.6) is 0 Å². The van der Waals surface area contributed by atoms with Crippen LogP contribution < -0.4 is 5.73 Å². The van der Waals surface area contributed by atoms with Crippen molar-refractivity contribution in [3.8, 4) is 0 Å². The monoisotopic (exact) mass is 215 g/mol. The summed E-state index contributed by atoms with van der Waals surface area (Å²) in [4.78, 5) is 0. The Kier molecular flexibility index (Phi) is 2.51. The molecule has 3 atom stereocenters. The molecule has 1 aromatic rings. The summed E-state index contributed by atoms with van der Waals surface area (Å²) in [5, 5.41) is 0. The summed E-state index contributed by atoms with van der Waals surface area (Å²) in [7, 11) is 0. The van der Waals surface area contributed by atoms with E-state index in [1.54, 1.807) is 0 Å². The van der Waals surface area contributed by atoms with Crippen LogP contribution in [0.15, 0.2) is 24.3 Å². The fourth-order valence-corrected chi connectivity index (χ4v) is 2.86. The van der Waals surface area contributed by atoms with Gasteiger partial charge in [0.05, 0.1) is 0 Å². The van der Waals surface area contributed by atoms with Crippen LogP contribution in [0, 0.1) is 11.8 Å². The number of hydrogen-bond donors (Lipinski definition) is 1. The van der Waals surface area contributed by atoms with Crippen LogP contribution >= 0.6 is 0 Å². The second-order valence-corrected chi connectivity index (χ2v) is 5.70. The molecule has 0 heterocycles. The Morgan fingerprint density at radius 1 is 1.31 bits per heavy atom. The van der Waals surface area contributed by atoms with Crippen molar-refractivity contribution in [1.82, 2.24) is 0 Å². The molecule has 0 saturated heterocycles. The molecule has 1 heteroatoms. The summed E-state index contributed by atoms with van der Waals surface area (Å²) in [6.07, 6.45) is 5.46. The number of benzene rings is 1. The highest BCUT2D eigenvalue weighted by Gasteiger charge is 2.38. The van der Waals surface area contributed by atoms with Crippen molar-refractivity contribution >= 4 is 0 Å². The highest BCUT2D eigenvalue weighted by molar-refractivity contribution is 5.30. The molecule has 0 spiro atoms. The van der Waals surface area contributed by atoms with Crippen LogP contribution in [-0.2, 0) is 0 Å². The van der Waals surface area contributed by atoms with E-state index in [9.17, 15) is 0 Å². The summed E-state index contributed by atoms with van der Waals surface area (Å²) in [6, 6.07) is 9.30. The lowest BCUT2D eigenvalue weighted by Gasteiger charge is -2.26. The summed E-state index contributed by atoms with van der Waals surface area (Å²) in [6.45, 7) is 2.31. The van der Waals surface area contributed by atoms with Gasteiger partial charge in [-0.2, -0.15) is 0 Å². The molecule has 3 unspecified atom stereocenters. The molecule has 2 aliphatic carbocycles. The Balaban J connectivity index is 1.78. The minimum Gasteiger partial charge on any atom is -0.324 e. The molecule has 0 amide bonds. The van der Waals surface area contributed by atoms with Gasteiger partial charge in [-0.25, -0.2) is 0 Å². The molecule has 0 radical (unpaired) electrons. The standard InChI is InChI=1S/C15H21N/c1-10-8-14(10)15(16)13-7-3-6-12(9-13)11-4-2-5-11/h3,6-7,9-11,14-15H,2,4-5,8,16H2,1H3. The van der Waals surface area contributed by atoms with Crippen molar-refractivity contribution in [2.75, 3.05) is 0 Å². The number of nitrogens with two attached hydrogens (primary N) is 1. The largest absolute Gasteiger partial charge is 0.324 e. The van der Waals surface area contributed by atoms with Crippen molar-refractivity contribution in [3.05, 3.63) is 35.4 Å². The summed E-state index contributed by atoms with van der Waals surface area (Å²) in [5.74, 6) is 2.39. The minimum atomic E-state index is 0.273. The molecule has 1 aromatic carbocycles. The molecule has 3 rings (SSSR count). The van der Waals surface area contributed by atoms with Gasteiger partial charge in [-0.3, -0.25) is 0 Å². The molecule has 16 heavy (non-hydrogen) atoms. The highest BCUT2D eigenvalue weighted by Crippen LogP contribution is 2.46. The Hall–Kier alpha value is -0.820. The first-order valence-corrected chi connectivity index (χ1v) is 6.61. The van der Waals surface area contributed by atoms with Gasteiger partial charge in [0.25, 0.3) is 0 Å². The normalized spacial score (nSPS) is 30.9. The smallest absolute Gasteiger partial charge is 0.0326 e. The van der Waals surface area contributed by atoms with Gasteiger partial charge in [0.1, 0.15) is 0 Å². The Bertz CT molecular complexity index is 381. The number of hydrogen-bond acceptors (Lipinski definition) is 1. The third kappa shape index (κ3) is 1.78. The fraction of sp³-hybridized carbons (Fsp3) is 0.600. The predicted octanol–water partition coefficient (Wildman–Crippen LogP) is 3.61. The maximum absolute atomic E-state index is 6.32. The molecule has 2 aliphatic rings. The lowest BCUT2D eigenvalue weighted by molar-refractivity contribution is 0.419. The van der Waals surface area contributed by atoms with Crippen molar-refractivity contribution in [1.29, 1.82) is 0 Å². The molecule has 2 saturated carbocycles. The topological polar surface area (TPSA) is 26.0 Å². The van der Waals surface area contributed by atoms with E-state index in [0.717, 1.165) is 17.8 Å². The lowest BCUT2D eigenvalue weighted by Crippen LogP contribution is -2.15. The molecular weight excluding hydrogens is 194 g/mol. The SMILES string of the molecule is CC1CC1C(N)c1cccc(C2CCC2)c1. The fourth-order valence-electron chi connectivity index (χ4n) is 2.86. The van der Waals surface area contributed by atoms with Crippen LogP contribution in [0.3, 0.4) is 0 Å². The number of rotatable bonds is 3.